The summed E-state index contributed by atoms with van der Waals surface area (Å²) in [5.74, 6) is -0.190. The maximum absolute atomic E-state index is 12.9. The Morgan fingerprint density at radius 1 is 1.17 bits per heavy atom. The van der Waals surface area contributed by atoms with Crippen LogP contribution in [0.5, 0.6) is 0 Å². The summed E-state index contributed by atoms with van der Waals surface area (Å²) in [6.45, 7) is 0. The highest BCUT2D eigenvalue weighted by atomic mass is 32.2. The highest BCUT2D eigenvalue weighted by molar-refractivity contribution is 7.99. The van der Waals surface area contributed by atoms with Crippen molar-refractivity contribution in [3.8, 4) is 0 Å². The van der Waals surface area contributed by atoms with Crippen LogP contribution in [-0.2, 0) is 14.8 Å². The Balaban J connectivity index is 1.59. The molecule has 1 aliphatic carbocycles. The van der Waals surface area contributed by atoms with E-state index in [1.807, 2.05) is 0 Å². The minimum absolute atomic E-state index is 0.0481. The lowest BCUT2D eigenvalue weighted by Gasteiger charge is -2.30. The van der Waals surface area contributed by atoms with Gasteiger partial charge in [0.15, 0.2) is 6.20 Å². The van der Waals surface area contributed by atoms with Crippen molar-refractivity contribution in [1.29, 1.82) is 0 Å². The first-order chi connectivity index (χ1) is 13.9. The molecule has 9 heteroatoms. The second kappa shape index (κ2) is 9.60. The van der Waals surface area contributed by atoms with Gasteiger partial charge in [-0.15, -0.1) is 0 Å². The third-order valence-corrected chi connectivity index (χ3v) is 7.99. The van der Waals surface area contributed by atoms with Crippen molar-refractivity contribution in [1.82, 2.24) is 4.31 Å². The number of hydrogen-bond acceptors (Lipinski definition) is 5. The maximum Gasteiger partial charge on any atom is 0.251 e. The van der Waals surface area contributed by atoms with E-state index in [9.17, 15) is 18.4 Å². The highest BCUT2D eigenvalue weighted by Gasteiger charge is 2.28. The number of rotatable bonds is 7. The Labute approximate surface area is 175 Å². The normalized spacial score (nSPS) is 15.4. The number of aromatic nitrogens is 1. The van der Waals surface area contributed by atoms with Gasteiger partial charge in [0.2, 0.25) is 15.9 Å². The summed E-state index contributed by atoms with van der Waals surface area (Å²) in [5.41, 5.74) is 0.512. The monoisotopic (exact) mass is 435 g/mol. The van der Waals surface area contributed by atoms with Crippen molar-refractivity contribution in [2.24, 2.45) is 0 Å². The molecule has 0 saturated heterocycles. The molecule has 1 heterocycles. The van der Waals surface area contributed by atoms with E-state index >= 15 is 0 Å². The molecule has 0 bridgehead atoms. The number of carbonyl (C=O) groups is 1. The second-order valence-corrected chi connectivity index (χ2v) is 10.0. The largest absolute Gasteiger partial charge is 0.618 e. The highest BCUT2D eigenvalue weighted by Crippen LogP contribution is 2.27. The van der Waals surface area contributed by atoms with Gasteiger partial charge in [-0.25, -0.2) is 8.42 Å². The summed E-state index contributed by atoms with van der Waals surface area (Å²) in [7, 11) is -1.91. The molecule has 156 valence electrons. The summed E-state index contributed by atoms with van der Waals surface area (Å²) >= 11 is 1.14. The predicted octanol–water partition coefficient (Wildman–Crippen LogP) is 3.00. The van der Waals surface area contributed by atoms with Crippen LogP contribution in [0.15, 0.2) is 58.6 Å². The topological polar surface area (TPSA) is 93.4 Å². The molecule has 0 spiro atoms. The number of thioether (sulfide) groups is 1. The van der Waals surface area contributed by atoms with Gasteiger partial charge in [-0.05, 0) is 54.9 Å². The molecule has 0 atom stereocenters. The van der Waals surface area contributed by atoms with E-state index in [4.69, 9.17) is 0 Å². The SMILES string of the molecule is CN(C1CCCCC1)S(=O)(=O)c1ccc(NC(=O)CSc2cccc[n+]2[O-])cc1. The fourth-order valence-corrected chi connectivity index (χ4v) is 5.51. The van der Waals surface area contributed by atoms with Gasteiger partial charge in [0, 0.05) is 30.9 Å². The number of pyridine rings is 1. The Hall–Kier alpha value is -2.10. The number of hydrogen-bond donors (Lipinski definition) is 1. The van der Waals surface area contributed by atoms with E-state index in [0.717, 1.165) is 43.9 Å². The molecule has 2 aromatic rings. The number of sulfonamides is 1. The summed E-state index contributed by atoms with van der Waals surface area (Å²) < 4.78 is 27.9. The first kappa shape index (κ1) is 21.6. The van der Waals surface area contributed by atoms with Crippen LogP contribution in [0.3, 0.4) is 0 Å². The van der Waals surface area contributed by atoms with Crippen LogP contribution in [0, 0.1) is 5.21 Å². The lowest BCUT2D eigenvalue weighted by molar-refractivity contribution is -0.645. The maximum atomic E-state index is 12.9. The van der Waals surface area contributed by atoms with E-state index in [-0.39, 0.29) is 22.6 Å². The van der Waals surface area contributed by atoms with Gasteiger partial charge in [0.1, 0.15) is 0 Å². The number of amides is 1. The first-order valence-electron chi connectivity index (χ1n) is 9.57. The van der Waals surface area contributed by atoms with Gasteiger partial charge >= 0.3 is 0 Å². The van der Waals surface area contributed by atoms with Crippen LogP contribution in [0.4, 0.5) is 5.69 Å². The van der Waals surface area contributed by atoms with Crippen molar-refractivity contribution in [2.45, 2.75) is 48.1 Å². The number of anilines is 1. The van der Waals surface area contributed by atoms with Crippen LogP contribution in [0.1, 0.15) is 32.1 Å². The van der Waals surface area contributed by atoms with Gasteiger partial charge in [-0.3, -0.25) is 4.79 Å². The Bertz CT molecular complexity index is 942. The van der Waals surface area contributed by atoms with Crippen molar-refractivity contribution >= 4 is 33.4 Å². The van der Waals surface area contributed by atoms with Gasteiger partial charge in [0.05, 0.1) is 10.6 Å². The molecule has 1 saturated carbocycles. The first-order valence-corrected chi connectivity index (χ1v) is 12.0. The molecule has 1 aliphatic rings. The van der Waals surface area contributed by atoms with Gasteiger partial charge < -0.3 is 10.5 Å². The van der Waals surface area contributed by atoms with Crippen molar-refractivity contribution in [3.05, 3.63) is 53.9 Å². The van der Waals surface area contributed by atoms with Crippen LogP contribution >= 0.6 is 11.8 Å². The number of carbonyl (C=O) groups excluding carboxylic acids is 1. The molecular formula is C20H25N3O4S2. The van der Waals surface area contributed by atoms with E-state index in [0.29, 0.717) is 15.4 Å². The average molecular weight is 436 g/mol. The van der Waals surface area contributed by atoms with Crippen LogP contribution < -0.4 is 10.0 Å². The number of nitrogens with one attached hydrogen (secondary N) is 1. The molecule has 1 N–H and O–H groups in total. The Morgan fingerprint density at radius 3 is 2.52 bits per heavy atom. The molecule has 1 aromatic heterocycles. The van der Waals surface area contributed by atoms with E-state index in [1.165, 1.54) is 22.6 Å². The lowest BCUT2D eigenvalue weighted by atomic mass is 9.96. The van der Waals surface area contributed by atoms with Crippen molar-refractivity contribution in [2.75, 3.05) is 18.1 Å². The zero-order valence-corrected chi connectivity index (χ0v) is 17.9. The minimum Gasteiger partial charge on any atom is -0.618 e. The fraction of sp³-hybridized carbons (Fsp3) is 0.400. The molecule has 0 aliphatic heterocycles. The van der Waals surface area contributed by atoms with Crippen LogP contribution in [0.2, 0.25) is 0 Å². The molecule has 0 radical (unpaired) electrons. The van der Waals surface area contributed by atoms with Gasteiger partial charge in [-0.2, -0.15) is 9.04 Å². The lowest BCUT2D eigenvalue weighted by Crippen LogP contribution is -2.38. The average Bonchev–Trinajstić information content (AvgIpc) is 2.73. The quantitative estimate of drug-likeness (QED) is 0.410. The predicted molar refractivity (Wildman–Crippen MR) is 113 cm³/mol. The van der Waals surface area contributed by atoms with Crippen molar-refractivity contribution in [3.63, 3.8) is 0 Å². The molecule has 1 fully saturated rings. The van der Waals surface area contributed by atoms with Gasteiger partial charge in [0.25, 0.3) is 5.03 Å². The summed E-state index contributed by atoms with van der Waals surface area (Å²) in [5, 5.41) is 14.8. The Kier molecular flexibility index (Phi) is 7.15. The van der Waals surface area contributed by atoms with Crippen molar-refractivity contribution < 1.29 is 17.9 Å². The summed E-state index contributed by atoms with van der Waals surface area (Å²) in [4.78, 5) is 12.3. The minimum atomic E-state index is -3.56. The summed E-state index contributed by atoms with van der Waals surface area (Å²) in [6, 6.07) is 11.2. The van der Waals surface area contributed by atoms with E-state index in [1.54, 1.807) is 37.4 Å². The molecule has 29 heavy (non-hydrogen) atoms. The Morgan fingerprint density at radius 2 is 1.86 bits per heavy atom. The van der Waals surface area contributed by atoms with Crippen LogP contribution in [-0.4, -0.2) is 37.5 Å². The molecule has 0 unspecified atom stereocenters. The van der Waals surface area contributed by atoms with Gasteiger partial charge in [-0.1, -0.05) is 19.3 Å². The molecule has 1 aromatic carbocycles. The number of benzene rings is 1. The molecule has 3 rings (SSSR count). The third-order valence-electron chi connectivity index (χ3n) is 5.04. The smallest absolute Gasteiger partial charge is 0.251 e. The number of nitrogens with zero attached hydrogens (tertiary/aromatic N) is 2. The molecule has 7 nitrogen and oxygen atoms in total. The zero-order chi connectivity index (χ0) is 20.9. The third kappa shape index (κ3) is 5.49. The molecular weight excluding hydrogens is 410 g/mol. The summed E-state index contributed by atoms with van der Waals surface area (Å²) in [6.07, 6.45) is 6.45. The molecule has 1 amide bonds. The van der Waals surface area contributed by atoms with Crippen LogP contribution in [0.25, 0.3) is 0 Å². The van der Waals surface area contributed by atoms with E-state index < -0.39 is 10.0 Å². The van der Waals surface area contributed by atoms with E-state index in [2.05, 4.69) is 5.32 Å². The fourth-order valence-electron chi connectivity index (χ4n) is 3.38. The zero-order valence-electron chi connectivity index (χ0n) is 16.3. The standard InChI is InChI=1S/C20H25N3O4S2/c1-22(17-7-3-2-4-8-17)29(26,27)18-12-10-16(11-13-18)21-19(24)15-28-20-9-5-6-14-23(20)25/h5-6,9-14,17H,2-4,7-8,15H2,1H3,(H,21,24). The second-order valence-electron chi connectivity index (χ2n) is 7.04.